The fourth-order valence-electron chi connectivity index (χ4n) is 1.11. The Hall–Kier alpha value is -1.50. The molecule has 92 valence electrons. The predicted molar refractivity (Wildman–Crippen MR) is 61.4 cm³/mol. The number of allylic oxidation sites excluding steroid dienone is 1. The molecule has 0 unspecified atom stereocenters. The Morgan fingerprint density at radius 1 is 1.59 bits per heavy atom. The van der Waals surface area contributed by atoms with Gasteiger partial charge in [0.2, 0.25) is 5.70 Å². The van der Waals surface area contributed by atoms with Crippen molar-refractivity contribution in [2.24, 2.45) is 0 Å². The second-order valence-electron chi connectivity index (χ2n) is 3.10. The van der Waals surface area contributed by atoms with Crippen LogP contribution in [0.4, 0.5) is 8.78 Å². The number of benzene rings is 1. The van der Waals surface area contributed by atoms with E-state index in [1.807, 2.05) is 0 Å². The average molecular weight is 308 g/mol. The van der Waals surface area contributed by atoms with Crippen molar-refractivity contribution in [1.29, 1.82) is 0 Å². The van der Waals surface area contributed by atoms with Gasteiger partial charge >= 0.3 is 6.61 Å². The van der Waals surface area contributed by atoms with Gasteiger partial charge in [0.1, 0.15) is 5.75 Å². The number of hydrogen-bond acceptors (Lipinski definition) is 3. The van der Waals surface area contributed by atoms with Crippen LogP contribution < -0.4 is 4.74 Å². The third-order valence-electron chi connectivity index (χ3n) is 1.84. The maximum atomic E-state index is 12.1. The molecule has 0 heterocycles. The Morgan fingerprint density at radius 2 is 2.24 bits per heavy atom. The summed E-state index contributed by atoms with van der Waals surface area (Å²) in [5.74, 6) is -0.107. The van der Waals surface area contributed by atoms with Gasteiger partial charge in [-0.1, -0.05) is 15.9 Å². The SMILES string of the molecule is C/C(=C\c1cc(Br)ccc1OC(F)F)[N+](=O)[O-]. The summed E-state index contributed by atoms with van der Waals surface area (Å²) < 4.78 is 29.1. The third-order valence-corrected chi connectivity index (χ3v) is 2.33. The van der Waals surface area contributed by atoms with Crippen LogP contribution in [0.15, 0.2) is 28.4 Å². The van der Waals surface area contributed by atoms with Crippen LogP contribution in [-0.4, -0.2) is 11.5 Å². The van der Waals surface area contributed by atoms with Gasteiger partial charge in [-0.05, 0) is 18.2 Å². The van der Waals surface area contributed by atoms with E-state index in [0.717, 1.165) is 0 Å². The van der Waals surface area contributed by atoms with Crippen molar-refractivity contribution in [3.8, 4) is 5.75 Å². The van der Waals surface area contributed by atoms with E-state index in [4.69, 9.17) is 0 Å². The molecule has 0 saturated carbocycles. The summed E-state index contributed by atoms with van der Waals surface area (Å²) in [5, 5.41) is 10.5. The van der Waals surface area contributed by atoms with Crippen LogP contribution in [0.5, 0.6) is 5.75 Å². The van der Waals surface area contributed by atoms with E-state index in [1.54, 1.807) is 0 Å². The van der Waals surface area contributed by atoms with Crippen LogP contribution in [0.3, 0.4) is 0 Å². The number of nitro groups is 1. The smallest absolute Gasteiger partial charge is 0.387 e. The van der Waals surface area contributed by atoms with Crippen molar-refractivity contribution in [1.82, 2.24) is 0 Å². The number of halogens is 3. The molecule has 7 heteroatoms. The van der Waals surface area contributed by atoms with Crippen LogP contribution in [0.1, 0.15) is 12.5 Å². The topological polar surface area (TPSA) is 52.4 Å². The molecule has 0 fully saturated rings. The van der Waals surface area contributed by atoms with Gasteiger partial charge in [0.05, 0.1) is 4.92 Å². The summed E-state index contributed by atoms with van der Waals surface area (Å²) in [6, 6.07) is 4.29. The van der Waals surface area contributed by atoms with Crippen molar-refractivity contribution in [2.45, 2.75) is 13.5 Å². The van der Waals surface area contributed by atoms with E-state index < -0.39 is 11.5 Å². The number of alkyl halides is 2. The molecule has 0 N–H and O–H groups in total. The molecule has 1 aromatic rings. The lowest BCUT2D eigenvalue weighted by Gasteiger charge is -2.08. The Labute approximate surface area is 104 Å². The quantitative estimate of drug-likeness (QED) is 0.629. The lowest BCUT2D eigenvalue weighted by atomic mass is 10.2. The molecular weight excluding hydrogens is 300 g/mol. The van der Waals surface area contributed by atoms with Crippen molar-refractivity contribution in [3.05, 3.63) is 44.0 Å². The minimum atomic E-state index is -2.97. The van der Waals surface area contributed by atoms with Gasteiger partial charge in [-0.3, -0.25) is 10.1 Å². The molecule has 1 aromatic carbocycles. The van der Waals surface area contributed by atoms with Crippen molar-refractivity contribution < 1.29 is 18.4 Å². The first kappa shape index (κ1) is 13.6. The van der Waals surface area contributed by atoms with Gasteiger partial charge in [-0.2, -0.15) is 8.78 Å². The minimum Gasteiger partial charge on any atom is -0.434 e. The van der Waals surface area contributed by atoms with Gasteiger partial charge in [0, 0.05) is 23.0 Å². The zero-order chi connectivity index (χ0) is 13.0. The average Bonchev–Trinajstić information content (AvgIpc) is 2.21. The van der Waals surface area contributed by atoms with E-state index >= 15 is 0 Å². The Bertz CT molecular complexity index is 463. The lowest BCUT2D eigenvalue weighted by Crippen LogP contribution is -2.03. The Morgan fingerprint density at radius 3 is 2.76 bits per heavy atom. The van der Waals surface area contributed by atoms with Crippen molar-refractivity contribution in [3.63, 3.8) is 0 Å². The van der Waals surface area contributed by atoms with Gasteiger partial charge in [0.15, 0.2) is 0 Å². The van der Waals surface area contributed by atoms with Gasteiger partial charge in [0.25, 0.3) is 0 Å². The van der Waals surface area contributed by atoms with E-state index in [9.17, 15) is 18.9 Å². The zero-order valence-corrected chi connectivity index (χ0v) is 10.3. The fourth-order valence-corrected chi connectivity index (χ4v) is 1.49. The standard InChI is InChI=1S/C10H8BrF2NO3/c1-6(14(15)16)4-7-5-8(11)2-3-9(7)17-10(12)13/h2-5,10H,1H3/b6-4+. The van der Waals surface area contributed by atoms with Crippen LogP contribution in [-0.2, 0) is 0 Å². The highest BCUT2D eigenvalue weighted by molar-refractivity contribution is 9.10. The van der Waals surface area contributed by atoms with E-state index in [0.29, 0.717) is 4.47 Å². The van der Waals surface area contributed by atoms with Crippen LogP contribution >= 0.6 is 15.9 Å². The van der Waals surface area contributed by atoms with E-state index in [1.165, 1.54) is 31.2 Å². The molecular formula is C10H8BrF2NO3. The van der Waals surface area contributed by atoms with Crippen molar-refractivity contribution >= 4 is 22.0 Å². The molecule has 0 aliphatic carbocycles. The monoisotopic (exact) mass is 307 g/mol. The number of nitrogens with zero attached hydrogens (tertiary/aromatic N) is 1. The first-order valence-corrected chi connectivity index (χ1v) is 5.26. The first-order chi connectivity index (χ1) is 7.90. The summed E-state index contributed by atoms with van der Waals surface area (Å²) in [5.41, 5.74) is 0.0519. The molecule has 4 nitrogen and oxygen atoms in total. The lowest BCUT2D eigenvalue weighted by molar-refractivity contribution is -0.422. The zero-order valence-electron chi connectivity index (χ0n) is 8.69. The summed E-state index contributed by atoms with van der Waals surface area (Å²) in [4.78, 5) is 9.85. The van der Waals surface area contributed by atoms with E-state index in [-0.39, 0.29) is 17.0 Å². The summed E-state index contributed by atoms with van der Waals surface area (Å²) >= 11 is 3.15. The molecule has 0 aliphatic heterocycles. The molecule has 0 atom stereocenters. The van der Waals surface area contributed by atoms with E-state index in [2.05, 4.69) is 20.7 Å². The van der Waals surface area contributed by atoms with Gasteiger partial charge < -0.3 is 4.74 Å². The maximum absolute atomic E-state index is 12.1. The molecule has 17 heavy (non-hydrogen) atoms. The molecule has 0 radical (unpaired) electrons. The van der Waals surface area contributed by atoms with Crippen LogP contribution in [0.25, 0.3) is 6.08 Å². The second-order valence-corrected chi connectivity index (χ2v) is 4.02. The normalized spacial score (nSPS) is 11.7. The number of rotatable bonds is 4. The second kappa shape index (κ2) is 5.72. The summed E-state index contributed by atoms with van der Waals surface area (Å²) in [7, 11) is 0. The molecule has 0 bridgehead atoms. The van der Waals surface area contributed by atoms with Crippen LogP contribution in [0.2, 0.25) is 0 Å². The molecule has 0 amide bonds. The highest BCUT2D eigenvalue weighted by Crippen LogP contribution is 2.26. The molecule has 0 aromatic heterocycles. The molecule has 0 aliphatic rings. The third kappa shape index (κ3) is 4.10. The number of ether oxygens (including phenoxy) is 1. The Balaban J connectivity index is 3.15. The summed E-state index contributed by atoms with van der Waals surface area (Å²) in [6.07, 6.45) is 1.17. The highest BCUT2D eigenvalue weighted by Gasteiger charge is 2.11. The first-order valence-electron chi connectivity index (χ1n) is 4.47. The van der Waals surface area contributed by atoms with Crippen LogP contribution in [0, 0.1) is 10.1 Å². The highest BCUT2D eigenvalue weighted by atomic mass is 79.9. The molecule has 0 saturated heterocycles. The fraction of sp³-hybridized carbons (Fsp3) is 0.200. The van der Waals surface area contributed by atoms with Gasteiger partial charge in [-0.25, -0.2) is 0 Å². The predicted octanol–water partition coefficient (Wildman–Crippen LogP) is 3.69. The largest absolute Gasteiger partial charge is 0.434 e. The Kier molecular flexibility index (Phi) is 4.56. The number of hydrogen-bond donors (Lipinski definition) is 0. The molecule has 0 spiro atoms. The minimum absolute atomic E-state index is 0.107. The maximum Gasteiger partial charge on any atom is 0.387 e. The van der Waals surface area contributed by atoms with Gasteiger partial charge in [-0.15, -0.1) is 0 Å². The van der Waals surface area contributed by atoms with Crippen molar-refractivity contribution in [2.75, 3.05) is 0 Å². The molecule has 1 rings (SSSR count). The summed E-state index contributed by atoms with van der Waals surface area (Å²) in [6.45, 7) is -1.70.